The van der Waals surface area contributed by atoms with Gasteiger partial charge in [-0.05, 0) is 43.9 Å². The molecular weight excluding hydrogens is 355 g/mol. The van der Waals surface area contributed by atoms with E-state index in [1.807, 2.05) is 6.08 Å². The van der Waals surface area contributed by atoms with E-state index < -0.39 is 35.7 Å². The number of aldehydes is 1. The Bertz CT molecular complexity index is 809. The summed E-state index contributed by atoms with van der Waals surface area (Å²) < 4.78 is 13.7. The minimum Gasteiger partial charge on any atom is -0.480 e. The number of carbonyl (C=O) groups is 4. The average molecular weight is 374 g/mol. The summed E-state index contributed by atoms with van der Waals surface area (Å²) in [5, 5.41) is 9.47. The quantitative estimate of drug-likeness (QED) is 0.490. The van der Waals surface area contributed by atoms with Crippen molar-refractivity contribution >= 4 is 29.8 Å². The van der Waals surface area contributed by atoms with Crippen molar-refractivity contribution in [2.75, 3.05) is 4.90 Å². The summed E-state index contributed by atoms with van der Waals surface area (Å²) in [4.78, 5) is 50.6. The molecule has 0 radical (unpaired) electrons. The van der Waals surface area contributed by atoms with Crippen LogP contribution in [0.3, 0.4) is 0 Å². The standard InChI is InChI=1S/C19H19FN2O5/c20-12-4-3-6-14(10-12)21(17(24)11-23)15-7-2-1-5-13-8-9-16(19(26)27)22(13)18(15)25/h1-4,6,10-11,13,15-16H,5,7-9H2,(H,26,27)/t13-,15+,16+/m1/s1. The summed E-state index contributed by atoms with van der Waals surface area (Å²) in [6, 6.07) is 2.67. The van der Waals surface area contributed by atoms with Crippen LogP contribution in [-0.4, -0.2) is 52.2 Å². The van der Waals surface area contributed by atoms with E-state index in [9.17, 15) is 28.7 Å². The number of hydrogen-bond donors (Lipinski definition) is 1. The minimum absolute atomic E-state index is 0.0663. The summed E-state index contributed by atoms with van der Waals surface area (Å²) >= 11 is 0. The minimum atomic E-state index is -1.12. The Morgan fingerprint density at radius 3 is 2.63 bits per heavy atom. The summed E-state index contributed by atoms with van der Waals surface area (Å²) in [6.07, 6.45) is 5.15. The SMILES string of the molecule is O=CC(=O)N(c1cccc(F)c1)[C@H]1CC=CC[C@@H]2CC[C@@H](C(=O)O)N2C1=O. The van der Waals surface area contributed by atoms with Gasteiger partial charge in [0.05, 0.1) is 0 Å². The van der Waals surface area contributed by atoms with Crippen LogP contribution in [0.4, 0.5) is 10.1 Å². The van der Waals surface area contributed by atoms with Gasteiger partial charge in [-0.2, -0.15) is 0 Å². The van der Waals surface area contributed by atoms with Crippen molar-refractivity contribution in [3.8, 4) is 0 Å². The molecule has 8 heteroatoms. The Labute approximate surface area is 155 Å². The second kappa shape index (κ2) is 7.69. The molecule has 2 aliphatic rings. The van der Waals surface area contributed by atoms with E-state index in [2.05, 4.69) is 0 Å². The van der Waals surface area contributed by atoms with Gasteiger partial charge < -0.3 is 10.0 Å². The van der Waals surface area contributed by atoms with Crippen LogP contribution in [0.25, 0.3) is 0 Å². The largest absolute Gasteiger partial charge is 0.480 e. The lowest BCUT2D eigenvalue weighted by molar-refractivity contribution is -0.150. The number of rotatable bonds is 4. The fraction of sp³-hybridized carbons (Fsp3) is 0.368. The van der Waals surface area contributed by atoms with E-state index in [0.29, 0.717) is 19.3 Å². The summed E-state index contributed by atoms with van der Waals surface area (Å²) in [6.45, 7) is 0. The molecule has 1 N–H and O–H groups in total. The van der Waals surface area contributed by atoms with Crippen LogP contribution < -0.4 is 4.90 Å². The molecule has 3 rings (SSSR count). The van der Waals surface area contributed by atoms with E-state index in [1.165, 1.54) is 23.1 Å². The molecule has 0 saturated carbocycles. The van der Waals surface area contributed by atoms with Crippen LogP contribution in [0.1, 0.15) is 25.7 Å². The normalized spacial score (nSPS) is 24.7. The van der Waals surface area contributed by atoms with E-state index in [1.54, 1.807) is 6.08 Å². The van der Waals surface area contributed by atoms with Crippen LogP contribution in [-0.2, 0) is 19.2 Å². The number of carboxylic acid groups (broad SMARTS) is 1. The van der Waals surface area contributed by atoms with Gasteiger partial charge in [-0.3, -0.25) is 19.3 Å². The maximum atomic E-state index is 13.7. The first-order chi connectivity index (χ1) is 12.9. The maximum Gasteiger partial charge on any atom is 0.326 e. The zero-order chi connectivity index (χ0) is 19.6. The van der Waals surface area contributed by atoms with Gasteiger partial charge in [0, 0.05) is 11.7 Å². The number of halogens is 1. The molecule has 0 spiro atoms. The molecule has 2 amide bonds. The first-order valence-corrected chi connectivity index (χ1v) is 8.68. The van der Waals surface area contributed by atoms with Gasteiger partial charge in [-0.1, -0.05) is 18.2 Å². The molecule has 0 bridgehead atoms. The van der Waals surface area contributed by atoms with Crippen LogP contribution in [0.2, 0.25) is 0 Å². The van der Waals surface area contributed by atoms with E-state index >= 15 is 0 Å². The summed E-state index contributed by atoms with van der Waals surface area (Å²) in [5.41, 5.74) is 0.0713. The molecule has 1 saturated heterocycles. The monoisotopic (exact) mass is 374 g/mol. The molecule has 0 aliphatic carbocycles. The molecule has 1 fully saturated rings. The number of aliphatic carboxylic acids is 1. The van der Waals surface area contributed by atoms with Crippen LogP contribution in [0.15, 0.2) is 36.4 Å². The van der Waals surface area contributed by atoms with Crippen molar-refractivity contribution in [2.45, 2.75) is 43.8 Å². The molecule has 1 aromatic carbocycles. The molecular formula is C19H19FN2O5. The lowest BCUT2D eigenvalue weighted by Crippen LogP contribution is -2.56. The molecule has 0 unspecified atom stereocenters. The molecule has 1 aromatic rings. The number of fused-ring (bicyclic) bond motifs is 1. The van der Waals surface area contributed by atoms with Gasteiger partial charge in [-0.25, -0.2) is 9.18 Å². The molecule has 2 aliphatic heterocycles. The Morgan fingerprint density at radius 2 is 1.96 bits per heavy atom. The first-order valence-electron chi connectivity index (χ1n) is 8.68. The van der Waals surface area contributed by atoms with Gasteiger partial charge in [0.15, 0.2) is 0 Å². The van der Waals surface area contributed by atoms with Crippen LogP contribution >= 0.6 is 0 Å². The van der Waals surface area contributed by atoms with Gasteiger partial charge >= 0.3 is 5.97 Å². The Kier molecular flexibility index (Phi) is 5.34. The molecule has 27 heavy (non-hydrogen) atoms. The Hall–Kier alpha value is -3.03. The smallest absolute Gasteiger partial charge is 0.326 e. The number of carboxylic acids is 1. The van der Waals surface area contributed by atoms with Gasteiger partial charge in [0.25, 0.3) is 5.91 Å². The summed E-state index contributed by atoms with van der Waals surface area (Å²) in [7, 11) is 0. The van der Waals surface area contributed by atoms with Crippen molar-refractivity contribution in [3.63, 3.8) is 0 Å². The van der Waals surface area contributed by atoms with Gasteiger partial charge in [0.1, 0.15) is 17.9 Å². The van der Waals surface area contributed by atoms with Crippen LogP contribution in [0, 0.1) is 5.82 Å². The zero-order valence-electron chi connectivity index (χ0n) is 14.5. The predicted molar refractivity (Wildman–Crippen MR) is 93.4 cm³/mol. The fourth-order valence-electron chi connectivity index (χ4n) is 3.80. The fourth-order valence-corrected chi connectivity index (χ4v) is 3.80. The van der Waals surface area contributed by atoms with E-state index in [0.717, 1.165) is 11.0 Å². The number of carbonyl (C=O) groups excluding carboxylic acids is 3. The van der Waals surface area contributed by atoms with Crippen molar-refractivity contribution in [1.29, 1.82) is 0 Å². The molecule has 7 nitrogen and oxygen atoms in total. The molecule has 3 atom stereocenters. The third-order valence-corrected chi connectivity index (χ3v) is 5.00. The van der Waals surface area contributed by atoms with Gasteiger partial charge in [-0.15, -0.1) is 0 Å². The zero-order valence-corrected chi connectivity index (χ0v) is 14.5. The highest BCUT2D eigenvalue weighted by Crippen LogP contribution is 2.32. The topological polar surface area (TPSA) is 95.0 Å². The third kappa shape index (κ3) is 3.60. The molecule has 2 heterocycles. The van der Waals surface area contributed by atoms with Crippen molar-refractivity contribution < 1.29 is 28.7 Å². The van der Waals surface area contributed by atoms with E-state index in [-0.39, 0.29) is 24.4 Å². The maximum absolute atomic E-state index is 13.7. The number of amides is 2. The highest BCUT2D eigenvalue weighted by molar-refractivity contribution is 6.31. The van der Waals surface area contributed by atoms with Crippen LogP contribution in [0.5, 0.6) is 0 Å². The van der Waals surface area contributed by atoms with Crippen molar-refractivity contribution in [1.82, 2.24) is 4.90 Å². The number of benzene rings is 1. The number of anilines is 1. The highest BCUT2D eigenvalue weighted by atomic mass is 19.1. The lowest BCUT2D eigenvalue weighted by atomic mass is 10.0. The highest BCUT2D eigenvalue weighted by Gasteiger charge is 2.45. The first kappa shape index (κ1) is 18.8. The Morgan fingerprint density at radius 1 is 1.22 bits per heavy atom. The Balaban J connectivity index is 2.04. The predicted octanol–water partition coefficient (Wildman–Crippen LogP) is 1.52. The summed E-state index contributed by atoms with van der Waals surface area (Å²) in [5.74, 6) is -3.26. The second-order valence-corrected chi connectivity index (χ2v) is 6.60. The van der Waals surface area contributed by atoms with E-state index in [4.69, 9.17) is 0 Å². The number of hydrogen-bond acceptors (Lipinski definition) is 4. The lowest BCUT2D eigenvalue weighted by Gasteiger charge is -2.37. The third-order valence-electron chi connectivity index (χ3n) is 5.00. The van der Waals surface area contributed by atoms with Crippen molar-refractivity contribution in [3.05, 3.63) is 42.2 Å². The van der Waals surface area contributed by atoms with Crippen molar-refractivity contribution in [2.24, 2.45) is 0 Å². The molecule has 142 valence electrons. The van der Waals surface area contributed by atoms with Gasteiger partial charge in [0.2, 0.25) is 12.2 Å². The average Bonchev–Trinajstić information content (AvgIpc) is 3.05. The number of nitrogens with zero attached hydrogens (tertiary/aromatic N) is 2. The molecule has 0 aromatic heterocycles. The second-order valence-electron chi connectivity index (χ2n) is 6.60.